The molecular formula is C19H21Cl2N3OS. The Morgan fingerprint density at radius 2 is 2.00 bits per heavy atom. The number of likely N-dealkylation sites (tertiary alicyclic amines) is 1. The minimum absolute atomic E-state index is 0. The average Bonchev–Trinajstić information content (AvgIpc) is 3.22. The number of hydrogen-bond donors (Lipinski definition) is 1. The molecule has 1 aromatic heterocycles. The molecule has 1 atom stereocenters. The number of carbonyl (C=O) groups is 1. The van der Waals surface area contributed by atoms with Crippen LogP contribution in [0.25, 0.3) is 10.2 Å². The van der Waals surface area contributed by atoms with Crippen molar-refractivity contribution in [1.82, 2.24) is 9.88 Å². The Labute approximate surface area is 169 Å². The van der Waals surface area contributed by atoms with E-state index in [1.807, 2.05) is 42.2 Å². The summed E-state index contributed by atoms with van der Waals surface area (Å²) in [6, 6.07) is 13.7. The summed E-state index contributed by atoms with van der Waals surface area (Å²) in [6.45, 7) is 2.73. The van der Waals surface area contributed by atoms with E-state index in [1.54, 1.807) is 17.4 Å². The van der Waals surface area contributed by atoms with Gasteiger partial charge in [-0.05, 0) is 49.6 Å². The molecular weight excluding hydrogens is 389 g/mol. The van der Waals surface area contributed by atoms with Gasteiger partial charge in [0.05, 0.1) is 16.3 Å². The van der Waals surface area contributed by atoms with E-state index >= 15 is 0 Å². The quantitative estimate of drug-likeness (QED) is 0.605. The predicted octanol–water partition coefficient (Wildman–Crippen LogP) is 5.01. The van der Waals surface area contributed by atoms with Crippen LogP contribution >= 0.6 is 36.2 Å². The molecule has 0 spiro atoms. The number of fused-ring (bicyclic) bond motifs is 1. The zero-order valence-corrected chi connectivity index (χ0v) is 16.8. The number of nitrogen functional groups attached to an aromatic ring is 1. The molecule has 1 amide bonds. The molecule has 26 heavy (non-hydrogen) atoms. The standard InChI is InChI=1S/C19H19N3OS.2ClH/c1-12-8-9-13(20)11-14(12)19(23)22-10-4-6-16(22)18-21-15-5-2-3-7-17(15)24-18;;/h2-3,5,7-9,11,16H,4,6,10,20H2,1H3;2*1H. The fourth-order valence-corrected chi connectivity index (χ4v) is 4.44. The van der Waals surface area contributed by atoms with Gasteiger partial charge in [0.1, 0.15) is 5.01 Å². The maximum atomic E-state index is 13.1. The number of thiazole rings is 1. The number of para-hydroxylation sites is 1. The van der Waals surface area contributed by atoms with E-state index in [1.165, 1.54) is 4.70 Å². The Kier molecular flexibility index (Phi) is 6.50. The molecule has 0 radical (unpaired) electrons. The van der Waals surface area contributed by atoms with E-state index < -0.39 is 0 Å². The third-order valence-corrected chi connectivity index (χ3v) is 5.74. The Bertz CT molecular complexity index is 895. The summed E-state index contributed by atoms with van der Waals surface area (Å²) in [7, 11) is 0. The van der Waals surface area contributed by atoms with Crippen LogP contribution in [0.1, 0.15) is 39.8 Å². The second-order valence-corrected chi connectivity index (χ2v) is 7.31. The highest BCUT2D eigenvalue weighted by Gasteiger charge is 2.33. The van der Waals surface area contributed by atoms with Crippen molar-refractivity contribution in [3.05, 3.63) is 58.6 Å². The van der Waals surface area contributed by atoms with Gasteiger partial charge in [0, 0.05) is 17.8 Å². The highest BCUT2D eigenvalue weighted by molar-refractivity contribution is 7.18. The molecule has 1 aliphatic rings. The van der Waals surface area contributed by atoms with Crippen LogP contribution in [0.3, 0.4) is 0 Å². The van der Waals surface area contributed by atoms with Crippen LogP contribution in [0.4, 0.5) is 5.69 Å². The molecule has 2 heterocycles. The lowest BCUT2D eigenvalue weighted by atomic mass is 10.1. The van der Waals surface area contributed by atoms with E-state index in [2.05, 4.69) is 6.07 Å². The third kappa shape index (κ3) is 3.65. The SMILES string of the molecule is Cc1ccc(N)cc1C(=O)N1CCCC1c1nc2ccccc2s1.Cl.Cl. The molecule has 2 aromatic carbocycles. The molecule has 0 saturated carbocycles. The van der Waals surface area contributed by atoms with Gasteiger partial charge in [-0.15, -0.1) is 36.2 Å². The third-order valence-electron chi connectivity index (χ3n) is 4.60. The molecule has 4 rings (SSSR count). The molecule has 1 unspecified atom stereocenters. The van der Waals surface area contributed by atoms with Crippen molar-refractivity contribution in [3.8, 4) is 0 Å². The number of benzene rings is 2. The first-order chi connectivity index (χ1) is 11.6. The molecule has 7 heteroatoms. The van der Waals surface area contributed by atoms with Crippen LogP contribution in [0.5, 0.6) is 0 Å². The van der Waals surface area contributed by atoms with Crippen LogP contribution in [0.15, 0.2) is 42.5 Å². The predicted molar refractivity (Wildman–Crippen MR) is 113 cm³/mol. The van der Waals surface area contributed by atoms with Gasteiger partial charge in [-0.3, -0.25) is 4.79 Å². The van der Waals surface area contributed by atoms with E-state index in [-0.39, 0.29) is 36.8 Å². The monoisotopic (exact) mass is 409 g/mol. The van der Waals surface area contributed by atoms with Gasteiger partial charge in [0.25, 0.3) is 5.91 Å². The Hall–Kier alpha value is -1.82. The van der Waals surface area contributed by atoms with Gasteiger partial charge in [-0.25, -0.2) is 4.98 Å². The van der Waals surface area contributed by atoms with Gasteiger partial charge in [0.2, 0.25) is 0 Å². The van der Waals surface area contributed by atoms with Crippen molar-refractivity contribution in [2.75, 3.05) is 12.3 Å². The topological polar surface area (TPSA) is 59.2 Å². The lowest BCUT2D eigenvalue weighted by Crippen LogP contribution is -2.31. The zero-order chi connectivity index (χ0) is 16.7. The van der Waals surface area contributed by atoms with Crippen LogP contribution in [0, 0.1) is 6.92 Å². The van der Waals surface area contributed by atoms with Gasteiger partial charge < -0.3 is 10.6 Å². The number of nitrogens with two attached hydrogens (primary N) is 1. The fourth-order valence-electron chi connectivity index (χ4n) is 3.32. The minimum atomic E-state index is 0. The second-order valence-electron chi connectivity index (χ2n) is 6.25. The van der Waals surface area contributed by atoms with Crippen molar-refractivity contribution in [1.29, 1.82) is 0 Å². The lowest BCUT2D eigenvalue weighted by molar-refractivity contribution is 0.0735. The smallest absolute Gasteiger partial charge is 0.254 e. The molecule has 0 bridgehead atoms. The molecule has 1 aliphatic heterocycles. The number of nitrogens with zero attached hydrogens (tertiary/aromatic N) is 2. The number of halogens is 2. The Balaban J connectivity index is 0.00000121. The molecule has 2 N–H and O–H groups in total. The number of rotatable bonds is 2. The van der Waals surface area contributed by atoms with Gasteiger partial charge in [-0.1, -0.05) is 18.2 Å². The Morgan fingerprint density at radius 1 is 1.23 bits per heavy atom. The van der Waals surface area contributed by atoms with E-state index in [9.17, 15) is 4.79 Å². The van der Waals surface area contributed by atoms with E-state index in [4.69, 9.17) is 10.7 Å². The van der Waals surface area contributed by atoms with Crippen molar-refractivity contribution >= 4 is 58.0 Å². The number of amides is 1. The summed E-state index contributed by atoms with van der Waals surface area (Å²) in [5, 5.41) is 1.03. The number of hydrogen-bond acceptors (Lipinski definition) is 4. The van der Waals surface area contributed by atoms with Gasteiger partial charge in [0.15, 0.2) is 0 Å². The van der Waals surface area contributed by atoms with Crippen LogP contribution in [-0.4, -0.2) is 22.3 Å². The first-order valence-electron chi connectivity index (χ1n) is 8.16. The molecule has 3 aromatic rings. The number of anilines is 1. The van der Waals surface area contributed by atoms with Crippen molar-refractivity contribution in [3.63, 3.8) is 0 Å². The van der Waals surface area contributed by atoms with Crippen LogP contribution < -0.4 is 5.73 Å². The number of aryl methyl sites for hydroxylation is 1. The maximum absolute atomic E-state index is 13.1. The van der Waals surface area contributed by atoms with Crippen molar-refractivity contribution in [2.45, 2.75) is 25.8 Å². The lowest BCUT2D eigenvalue weighted by Gasteiger charge is -2.24. The van der Waals surface area contributed by atoms with Gasteiger partial charge >= 0.3 is 0 Å². The van der Waals surface area contributed by atoms with Gasteiger partial charge in [-0.2, -0.15) is 0 Å². The van der Waals surface area contributed by atoms with Crippen molar-refractivity contribution < 1.29 is 4.79 Å². The van der Waals surface area contributed by atoms with Crippen LogP contribution in [0.2, 0.25) is 0 Å². The highest BCUT2D eigenvalue weighted by Crippen LogP contribution is 2.37. The molecule has 138 valence electrons. The van der Waals surface area contributed by atoms with Crippen LogP contribution in [-0.2, 0) is 0 Å². The summed E-state index contributed by atoms with van der Waals surface area (Å²) in [5.74, 6) is 0.0570. The molecule has 1 saturated heterocycles. The maximum Gasteiger partial charge on any atom is 0.254 e. The average molecular weight is 410 g/mol. The fraction of sp³-hybridized carbons (Fsp3) is 0.263. The summed E-state index contributed by atoms with van der Waals surface area (Å²) >= 11 is 1.69. The van der Waals surface area contributed by atoms with E-state index in [0.29, 0.717) is 11.3 Å². The summed E-state index contributed by atoms with van der Waals surface area (Å²) in [5.41, 5.74) is 9.17. The molecule has 1 fully saturated rings. The first kappa shape index (κ1) is 20.5. The number of carbonyl (C=O) groups excluding carboxylic acids is 1. The largest absolute Gasteiger partial charge is 0.399 e. The summed E-state index contributed by atoms with van der Waals surface area (Å²) < 4.78 is 1.17. The second kappa shape index (κ2) is 8.25. The zero-order valence-electron chi connectivity index (χ0n) is 14.3. The summed E-state index contributed by atoms with van der Waals surface area (Å²) in [6.07, 6.45) is 1.97. The summed E-state index contributed by atoms with van der Waals surface area (Å²) in [4.78, 5) is 19.8. The minimum Gasteiger partial charge on any atom is -0.399 e. The van der Waals surface area contributed by atoms with E-state index in [0.717, 1.165) is 35.5 Å². The highest BCUT2D eigenvalue weighted by atomic mass is 35.5. The van der Waals surface area contributed by atoms with Crippen molar-refractivity contribution in [2.24, 2.45) is 0 Å². The number of aromatic nitrogens is 1. The molecule has 0 aliphatic carbocycles. The normalized spacial score (nSPS) is 16.2. The first-order valence-corrected chi connectivity index (χ1v) is 8.98. The Morgan fingerprint density at radius 3 is 2.77 bits per heavy atom. The molecule has 4 nitrogen and oxygen atoms in total.